The predicted octanol–water partition coefficient (Wildman–Crippen LogP) is 1.75. The average molecular weight is 373 g/mol. The Morgan fingerprint density at radius 2 is 2.00 bits per heavy atom. The molecule has 2 aromatic heterocycles. The van der Waals surface area contributed by atoms with Crippen LogP contribution < -0.4 is 15.4 Å². The molecule has 0 saturated carbocycles. The Balaban J connectivity index is 1.81. The normalized spacial score (nSPS) is 22.4. The molecule has 2 fully saturated rings. The number of hydrogen-bond acceptors (Lipinski definition) is 9. The fourth-order valence-corrected chi connectivity index (χ4v) is 3.04. The minimum Gasteiger partial charge on any atom is -0.488 e. The van der Waals surface area contributed by atoms with Gasteiger partial charge in [-0.1, -0.05) is 0 Å². The van der Waals surface area contributed by atoms with Gasteiger partial charge in [0.05, 0.1) is 19.8 Å². The molecule has 2 aliphatic rings. The number of nitrogens with zero attached hydrogens (tertiary/aromatic N) is 4. The molecule has 9 nitrogen and oxygen atoms in total. The van der Waals surface area contributed by atoms with Gasteiger partial charge in [0.1, 0.15) is 11.5 Å². The van der Waals surface area contributed by atoms with E-state index in [0.29, 0.717) is 48.7 Å². The van der Waals surface area contributed by atoms with E-state index in [1.807, 2.05) is 19.9 Å². The van der Waals surface area contributed by atoms with E-state index in [-0.39, 0.29) is 6.29 Å². The van der Waals surface area contributed by atoms with Crippen LogP contribution in [-0.2, 0) is 14.2 Å². The SMILES string of the molecule is CCOc1c(C2OC(C)O2)nc(-c2ccc(N)nc2)nc1N1CCOCC1. The number of aromatic nitrogens is 3. The van der Waals surface area contributed by atoms with Crippen LogP contribution in [0.3, 0.4) is 0 Å². The lowest BCUT2D eigenvalue weighted by molar-refractivity contribution is -0.384. The molecule has 0 aromatic carbocycles. The molecule has 0 bridgehead atoms. The van der Waals surface area contributed by atoms with Crippen molar-refractivity contribution in [2.45, 2.75) is 26.4 Å². The van der Waals surface area contributed by atoms with Crippen LogP contribution in [0.5, 0.6) is 5.75 Å². The van der Waals surface area contributed by atoms with E-state index in [4.69, 9.17) is 29.7 Å². The summed E-state index contributed by atoms with van der Waals surface area (Å²) in [6.45, 7) is 6.96. The van der Waals surface area contributed by atoms with Crippen molar-refractivity contribution < 1.29 is 18.9 Å². The molecule has 0 spiro atoms. The lowest BCUT2D eigenvalue weighted by atomic mass is 10.2. The molecule has 27 heavy (non-hydrogen) atoms. The second kappa shape index (κ2) is 7.63. The zero-order valence-corrected chi connectivity index (χ0v) is 15.4. The lowest BCUT2D eigenvalue weighted by Crippen LogP contribution is -2.38. The minimum atomic E-state index is -0.579. The number of nitrogens with two attached hydrogens (primary N) is 1. The number of morpholine rings is 1. The summed E-state index contributed by atoms with van der Waals surface area (Å²) in [4.78, 5) is 15.7. The van der Waals surface area contributed by atoms with Crippen LogP contribution in [0, 0.1) is 0 Å². The number of nitrogen functional groups attached to an aromatic ring is 1. The Morgan fingerprint density at radius 1 is 1.22 bits per heavy atom. The Morgan fingerprint density at radius 3 is 2.63 bits per heavy atom. The Hall–Kier alpha value is -2.49. The van der Waals surface area contributed by atoms with Crippen LogP contribution in [0.2, 0.25) is 0 Å². The van der Waals surface area contributed by atoms with Crippen LogP contribution in [0.1, 0.15) is 25.8 Å². The molecule has 4 rings (SSSR count). The van der Waals surface area contributed by atoms with Crippen LogP contribution >= 0.6 is 0 Å². The molecule has 2 aliphatic heterocycles. The molecular formula is C18H23N5O4. The van der Waals surface area contributed by atoms with Gasteiger partial charge in [0.25, 0.3) is 0 Å². The maximum Gasteiger partial charge on any atom is 0.210 e. The number of anilines is 2. The molecule has 0 atom stereocenters. The van der Waals surface area contributed by atoms with Gasteiger partial charge in [-0.15, -0.1) is 0 Å². The van der Waals surface area contributed by atoms with E-state index < -0.39 is 6.29 Å². The summed E-state index contributed by atoms with van der Waals surface area (Å²) < 4.78 is 22.8. The summed E-state index contributed by atoms with van der Waals surface area (Å²) in [5.41, 5.74) is 7.05. The van der Waals surface area contributed by atoms with Crippen molar-refractivity contribution in [1.29, 1.82) is 0 Å². The third kappa shape index (κ3) is 3.66. The first-order valence-corrected chi connectivity index (χ1v) is 9.06. The van der Waals surface area contributed by atoms with Crippen molar-refractivity contribution in [3.05, 3.63) is 24.0 Å². The molecule has 9 heteroatoms. The Bertz CT molecular complexity index is 789. The number of hydrogen-bond donors (Lipinski definition) is 1. The summed E-state index contributed by atoms with van der Waals surface area (Å²) in [5.74, 6) is 2.26. The molecular weight excluding hydrogens is 350 g/mol. The molecule has 2 aromatic rings. The Kier molecular flexibility index (Phi) is 5.06. The van der Waals surface area contributed by atoms with Gasteiger partial charge >= 0.3 is 0 Å². The van der Waals surface area contributed by atoms with E-state index in [0.717, 1.165) is 18.7 Å². The number of rotatable bonds is 5. The largest absolute Gasteiger partial charge is 0.488 e. The molecule has 2 saturated heterocycles. The summed E-state index contributed by atoms with van der Waals surface area (Å²) in [6.07, 6.45) is 0.806. The lowest BCUT2D eigenvalue weighted by Gasteiger charge is -2.35. The van der Waals surface area contributed by atoms with E-state index in [1.54, 1.807) is 12.3 Å². The molecule has 0 amide bonds. The van der Waals surface area contributed by atoms with Gasteiger partial charge in [-0.25, -0.2) is 15.0 Å². The summed E-state index contributed by atoms with van der Waals surface area (Å²) in [7, 11) is 0. The summed E-state index contributed by atoms with van der Waals surface area (Å²) >= 11 is 0. The Labute approximate surface area is 157 Å². The van der Waals surface area contributed by atoms with Crippen molar-refractivity contribution in [2.75, 3.05) is 43.5 Å². The first-order valence-electron chi connectivity index (χ1n) is 9.06. The van der Waals surface area contributed by atoms with Gasteiger partial charge in [0.15, 0.2) is 23.7 Å². The van der Waals surface area contributed by atoms with Crippen LogP contribution in [0.15, 0.2) is 18.3 Å². The van der Waals surface area contributed by atoms with E-state index in [9.17, 15) is 0 Å². The van der Waals surface area contributed by atoms with Crippen molar-refractivity contribution in [3.63, 3.8) is 0 Å². The van der Waals surface area contributed by atoms with Gasteiger partial charge in [-0.2, -0.15) is 0 Å². The van der Waals surface area contributed by atoms with E-state index >= 15 is 0 Å². The molecule has 144 valence electrons. The second-order valence-corrected chi connectivity index (χ2v) is 6.26. The standard InChI is InChI=1S/C18H23N5O4/c1-3-25-15-14(18-26-11(2)27-18)21-16(12-4-5-13(19)20-10-12)22-17(15)23-6-8-24-9-7-23/h4-5,10-11,18H,3,6-9H2,1-2H3,(H2,19,20). The smallest absolute Gasteiger partial charge is 0.210 e. The summed E-state index contributed by atoms with van der Waals surface area (Å²) in [5, 5.41) is 0. The van der Waals surface area contributed by atoms with Crippen LogP contribution in [0.25, 0.3) is 11.4 Å². The van der Waals surface area contributed by atoms with Crippen molar-refractivity contribution >= 4 is 11.6 Å². The molecule has 0 unspecified atom stereocenters. The first-order chi connectivity index (χ1) is 13.2. The summed E-state index contributed by atoms with van der Waals surface area (Å²) in [6, 6.07) is 3.57. The van der Waals surface area contributed by atoms with Gasteiger partial charge < -0.3 is 29.6 Å². The zero-order valence-electron chi connectivity index (χ0n) is 15.4. The molecule has 0 radical (unpaired) electrons. The van der Waals surface area contributed by atoms with Gasteiger partial charge in [0.2, 0.25) is 6.29 Å². The first kappa shape index (κ1) is 17.9. The number of ether oxygens (including phenoxy) is 4. The van der Waals surface area contributed by atoms with Crippen molar-refractivity contribution in [2.24, 2.45) is 0 Å². The molecule has 4 heterocycles. The predicted molar refractivity (Wildman–Crippen MR) is 98.2 cm³/mol. The zero-order chi connectivity index (χ0) is 18.8. The highest BCUT2D eigenvalue weighted by Gasteiger charge is 2.36. The highest BCUT2D eigenvalue weighted by molar-refractivity contribution is 5.64. The van der Waals surface area contributed by atoms with Crippen LogP contribution in [-0.4, -0.2) is 54.2 Å². The third-order valence-corrected chi connectivity index (χ3v) is 4.37. The fraction of sp³-hybridized carbons (Fsp3) is 0.500. The van der Waals surface area contributed by atoms with Crippen LogP contribution in [0.4, 0.5) is 11.6 Å². The number of pyridine rings is 1. The highest BCUT2D eigenvalue weighted by Crippen LogP contribution is 2.41. The maximum absolute atomic E-state index is 5.92. The van der Waals surface area contributed by atoms with Gasteiger partial charge in [0, 0.05) is 24.8 Å². The molecule has 0 aliphatic carbocycles. The fourth-order valence-electron chi connectivity index (χ4n) is 3.04. The van der Waals surface area contributed by atoms with Gasteiger partial charge in [-0.05, 0) is 26.0 Å². The maximum atomic E-state index is 5.92. The van der Waals surface area contributed by atoms with E-state index in [1.165, 1.54) is 0 Å². The highest BCUT2D eigenvalue weighted by atomic mass is 16.9. The molecule has 2 N–H and O–H groups in total. The second-order valence-electron chi connectivity index (χ2n) is 6.26. The third-order valence-electron chi connectivity index (χ3n) is 4.37. The minimum absolute atomic E-state index is 0.270. The quantitative estimate of drug-likeness (QED) is 0.839. The van der Waals surface area contributed by atoms with E-state index in [2.05, 4.69) is 14.9 Å². The van der Waals surface area contributed by atoms with Crippen molar-refractivity contribution in [1.82, 2.24) is 15.0 Å². The topological polar surface area (TPSA) is 105 Å². The average Bonchev–Trinajstić information content (AvgIpc) is 2.67. The monoisotopic (exact) mass is 373 g/mol. The van der Waals surface area contributed by atoms with Gasteiger partial charge in [-0.3, -0.25) is 0 Å². The van der Waals surface area contributed by atoms with Crippen molar-refractivity contribution in [3.8, 4) is 17.1 Å².